The smallest absolute Gasteiger partial charge is 0.339 e. The molecule has 2 aromatic heterocycles. The molecule has 4 rings (SSSR count). The molecule has 150 valence electrons. The summed E-state index contributed by atoms with van der Waals surface area (Å²) in [5.74, 6) is 0. The summed E-state index contributed by atoms with van der Waals surface area (Å²) in [5, 5.41) is 2.05. The van der Waals surface area contributed by atoms with Crippen LogP contribution in [0.4, 0.5) is 10.8 Å². The first kappa shape index (κ1) is 19.7. The average molecular weight is 469 g/mol. The van der Waals surface area contributed by atoms with E-state index < -0.39 is 20.2 Å². The Morgan fingerprint density at radius 1 is 1.03 bits per heavy atom. The molecule has 2 N–H and O–H groups in total. The Hall–Kier alpha value is -2.60. The van der Waals surface area contributed by atoms with E-state index in [4.69, 9.17) is 11.6 Å². The van der Waals surface area contributed by atoms with Crippen molar-refractivity contribution in [3.05, 3.63) is 71.3 Å². The second-order valence-corrected chi connectivity index (χ2v) is 10.6. The predicted molar refractivity (Wildman–Crippen MR) is 114 cm³/mol. The van der Waals surface area contributed by atoms with E-state index in [0.717, 1.165) is 11.3 Å². The fourth-order valence-electron chi connectivity index (χ4n) is 2.78. The molecule has 8 nitrogen and oxygen atoms in total. The van der Waals surface area contributed by atoms with Crippen LogP contribution in [0.2, 0.25) is 5.02 Å². The van der Waals surface area contributed by atoms with Crippen molar-refractivity contribution in [2.45, 2.75) is 4.90 Å². The third-order valence-corrected chi connectivity index (χ3v) is 8.84. The fourth-order valence-corrected chi connectivity index (χ4v) is 7.19. The van der Waals surface area contributed by atoms with Gasteiger partial charge >= 0.3 is 10.2 Å². The SMILES string of the molecule is O=S(=O)(Nc1nccs1)N(c1cccc2[nH]cc(Cl)c12)S(=O)(=O)c1ccccc1. The number of thiazole rings is 1. The molecule has 4 aromatic rings. The second kappa shape index (κ2) is 7.34. The van der Waals surface area contributed by atoms with Crippen molar-refractivity contribution >= 4 is 64.9 Å². The third kappa shape index (κ3) is 3.57. The molecule has 0 bridgehead atoms. The topological polar surface area (TPSA) is 112 Å². The first-order chi connectivity index (χ1) is 13.8. The Bertz CT molecular complexity index is 1370. The van der Waals surface area contributed by atoms with E-state index in [9.17, 15) is 16.8 Å². The van der Waals surface area contributed by atoms with Crippen molar-refractivity contribution in [3.63, 3.8) is 0 Å². The number of hydrogen-bond donors (Lipinski definition) is 2. The highest BCUT2D eigenvalue weighted by molar-refractivity contribution is 8.11. The quantitative estimate of drug-likeness (QED) is 0.446. The number of anilines is 2. The molecule has 0 spiro atoms. The van der Waals surface area contributed by atoms with E-state index in [2.05, 4.69) is 14.7 Å². The Labute approximate surface area is 176 Å². The second-order valence-electron chi connectivity index (χ2n) is 5.80. The summed E-state index contributed by atoms with van der Waals surface area (Å²) < 4.78 is 55.9. The molecule has 0 saturated carbocycles. The lowest BCUT2D eigenvalue weighted by molar-refractivity contribution is 0.587. The first-order valence-corrected chi connectivity index (χ1v) is 12.2. The zero-order chi connectivity index (χ0) is 20.6. The lowest BCUT2D eigenvalue weighted by Crippen LogP contribution is -2.40. The van der Waals surface area contributed by atoms with Gasteiger partial charge in [-0.2, -0.15) is 16.8 Å². The molecule has 12 heteroatoms. The maximum atomic E-state index is 13.4. The molecule has 0 aliphatic rings. The Morgan fingerprint density at radius 2 is 1.79 bits per heavy atom. The van der Waals surface area contributed by atoms with Crippen LogP contribution in [0.1, 0.15) is 0 Å². The highest BCUT2D eigenvalue weighted by Crippen LogP contribution is 2.37. The van der Waals surface area contributed by atoms with Crippen LogP contribution in [0.5, 0.6) is 0 Å². The number of rotatable bonds is 6. The molecule has 2 aromatic carbocycles. The summed E-state index contributed by atoms with van der Waals surface area (Å²) in [5.41, 5.74) is 0.381. The highest BCUT2D eigenvalue weighted by Gasteiger charge is 2.37. The van der Waals surface area contributed by atoms with Crippen LogP contribution >= 0.6 is 22.9 Å². The van der Waals surface area contributed by atoms with E-state index in [1.807, 2.05) is 0 Å². The van der Waals surface area contributed by atoms with Gasteiger partial charge in [-0.15, -0.1) is 15.0 Å². The van der Waals surface area contributed by atoms with Gasteiger partial charge in [0.05, 0.1) is 15.6 Å². The minimum absolute atomic E-state index is 0.0330. The maximum Gasteiger partial charge on any atom is 0.339 e. The molecule has 0 fully saturated rings. The number of benzene rings is 2. The van der Waals surface area contributed by atoms with Gasteiger partial charge < -0.3 is 4.98 Å². The Morgan fingerprint density at radius 3 is 2.48 bits per heavy atom. The monoisotopic (exact) mass is 468 g/mol. The standard InChI is InChI=1S/C17H13ClN4O4S3/c18-13-11-20-14-7-4-8-15(16(13)14)22(28(23,24)12-5-2-1-3-6-12)29(25,26)21-17-19-9-10-27-17/h1-11,20H,(H,19,21). The summed E-state index contributed by atoms with van der Waals surface area (Å²) in [6, 6.07) is 11.9. The highest BCUT2D eigenvalue weighted by atomic mass is 35.5. The molecule has 0 atom stereocenters. The van der Waals surface area contributed by atoms with Crippen LogP contribution in [-0.4, -0.2) is 26.8 Å². The molecular formula is C17H13ClN4O4S3. The molecule has 0 amide bonds. The van der Waals surface area contributed by atoms with Crippen molar-refractivity contribution in [2.75, 3.05) is 8.43 Å². The van der Waals surface area contributed by atoms with Gasteiger partial charge in [-0.05, 0) is 24.3 Å². The largest absolute Gasteiger partial charge is 0.360 e. The van der Waals surface area contributed by atoms with Crippen LogP contribution in [-0.2, 0) is 20.2 Å². The van der Waals surface area contributed by atoms with Gasteiger partial charge in [0.1, 0.15) is 0 Å². The summed E-state index contributed by atoms with van der Waals surface area (Å²) in [7, 11) is -9.13. The Balaban J connectivity index is 1.98. The fraction of sp³-hybridized carbons (Fsp3) is 0. The average Bonchev–Trinajstić information content (AvgIpc) is 3.32. The number of aromatic nitrogens is 2. The minimum Gasteiger partial charge on any atom is -0.360 e. The molecular weight excluding hydrogens is 456 g/mol. The van der Waals surface area contributed by atoms with Gasteiger partial charge in [-0.25, -0.2) is 9.71 Å². The minimum atomic E-state index is -4.62. The number of hydrogen-bond acceptors (Lipinski definition) is 6. The number of nitrogens with zero attached hydrogens (tertiary/aromatic N) is 2. The summed E-state index contributed by atoms with van der Waals surface area (Å²) in [6.45, 7) is 0. The molecule has 29 heavy (non-hydrogen) atoms. The van der Waals surface area contributed by atoms with Crippen LogP contribution < -0.4 is 8.43 Å². The zero-order valence-electron chi connectivity index (χ0n) is 14.5. The maximum absolute atomic E-state index is 13.4. The van der Waals surface area contributed by atoms with Crippen molar-refractivity contribution in [2.24, 2.45) is 0 Å². The molecule has 0 radical (unpaired) electrons. The van der Waals surface area contributed by atoms with E-state index >= 15 is 0 Å². The third-order valence-electron chi connectivity index (χ3n) is 3.96. The number of aromatic amines is 1. The number of nitrogens with one attached hydrogen (secondary N) is 2. The predicted octanol–water partition coefficient (Wildman–Crippen LogP) is 3.83. The molecule has 0 saturated heterocycles. The van der Waals surface area contributed by atoms with Crippen molar-refractivity contribution in [3.8, 4) is 0 Å². The van der Waals surface area contributed by atoms with E-state index in [-0.39, 0.29) is 26.1 Å². The normalized spacial score (nSPS) is 12.2. The molecule has 0 unspecified atom stereocenters. The summed E-state index contributed by atoms with van der Waals surface area (Å²) >= 11 is 7.25. The van der Waals surface area contributed by atoms with E-state index in [1.54, 1.807) is 17.5 Å². The van der Waals surface area contributed by atoms with Crippen molar-refractivity contribution in [1.29, 1.82) is 0 Å². The number of fused-ring (bicyclic) bond motifs is 1. The lowest BCUT2D eigenvalue weighted by Gasteiger charge is -2.24. The van der Waals surface area contributed by atoms with E-state index in [1.165, 1.54) is 48.8 Å². The number of halogens is 1. The Kier molecular flexibility index (Phi) is 4.99. The zero-order valence-corrected chi connectivity index (χ0v) is 17.7. The first-order valence-electron chi connectivity index (χ1n) is 8.09. The van der Waals surface area contributed by atoms with Gasteiger partial charge in [0.25, 0.3) is 10.0 Å². The molecule has 0 aliphatic carbocycles. The lowest BCUT2D eigenvalue weighted by atomic mass is 10.2. The van der Waals surface area contributed by atoms with Gasteiger partial charge in [-0.1, -0.05) is 35.9 Å². The number of sulfonamides is 1. The van der Waals surface area contributed by atoms with E-state index in [0.29, 0.717) is 9.23 Å². The van der Waals surface area contributed by atoms with Gasteiger partial charge in [-0.3, -0.25) is 0 Å². The van der Waals surface area contributed by atoms with Gasteiger partial charge in [0.2, 0.25) is 0 Å². The van der Waals surface area contributed by atoms with Crippen molar-refractivity contribution < 1.29 is 16.8 Å². The van der Waals surface area contributed by atoms with Gasteiger partial charge in [0, 0.05) is 28.7 Å². The summed E-state index contributed by atoms with van der Waals surface area (Å²) in [4.78, 5) is 6.58. The number of H-pyrrole nitrogens is 1. The van der Waals surface area contributed by atoms with Gasteiger partial charge in [0.15, 0.2) is 5.13 Å². The van der Waals surface area contributed by atoms with Crippen LogP contribution in [0.15, 0.2) is 71.2 Å². The molecule has 2 heterocycles. The van der Waals surface area contributed by atoms with Crippen LogP contribution in [0.25, 0.3) is 10.9 Å². The molecule has 0 aliphatic heterocycles. The van der Waals surface area contributed by atoms with Crippen LogP contribution in [0, 0.1) is 0 Å². The summed E-state index contributed by atoms with van der Waals surface area (Å²) in [6.07, 6.45) is 2.87. The van der Waals surface area contributed by atoms with Crippen molar-refractivity contribution in [1.82, 2.24) is 9.97 Å². The van der Waals surface area contributed by atoms with Crippen LogP contribution in [0.3, 0.4) is 0 Å².